The zero-order valence-corrected chi connectivity index (χ0v) is 38.5. The summed E-state index contributed by atoms with van der Waals surface area (Å²) in [5.41, 5.74) is 18.2. The van der Waals surface area contributed by atoms with Gasteiger partial charge in [-0.15, -0.1) is 0 Å². The first-order valence-corrected chi connectivity index (χ1v) is 24.6. The molecule has 0 N–H and O–H groups in total. The molecule has 12 aromatic carbocycles. The fourth-order valence-corrected chi connectivity index (χ4v) is 12.3. The van der Waals surface area contributed by atoms with Crippen LogP contribution in [0.5, 0.6) is 0 Å². The van der Waals surface area contributed by atoms with Gasteiger partial charge >= 0.3 is 0 Å². The SMILES string of the molecule is c1ccc2c(c1)cc(-n1c3ccccc3c3cc(-c4ccc(-c5ccc6c(c5)c5ccccc5n6-c5ccc(-c6ccc7c8cccc9c%10ccccc%10n(c7c6)c98)cc5)cc4)ccc31)c1ccccc12. The molecule has 3 nitrogen and oxygen atoms in total. The zero-order valence-electron chi connectivity index (χ0n) is 38.5. The molecule has 0 radical (unpaired) electrons. The molecule has 16 rings (SSSR count). The summed E-state index contributed by atoms with van der Waals surface area (Å²) in [5.74, 6) is 0. The van der Waals surface area contributed by atoms with Gasteiger partial charge in [-0.3, -0.25) is 0 Å². The minimum atomic E-state index is 1.15. The van der Waals surface area contributed by atoms with Crippen LogP contribution in [-0.2, 0) is 0 Å². The molecule has 0 spiro atoms. The summed E-state index contributed by atoms with van der Waals surface area (Å²) in [6.45, 7) is 0. The second-order valence-electron chi connectivity index (χ2n) is 19.2. The molecule has 0 bridgehead atoms. The number of para-hydroxylation sites is 4. The minimum Gasteiger partial charge on any atom is -0.309 e. The lowest BCUT2D eigenvalue weighted by Crippen LogP contribution is -1.96. The number of aromatic nitrogens is 3. The van der Waals surface area contributed by atoms with E-state index in [0.717, 1.165) is 5.69 Å². The molecule has 0 aliphatic heterocycles. The average Bonchev–Trinajstić information content (AvgIpc) is 4.17. The summed E-state index contributed by atoms with van der Waals surface area (Å²) in [5, 5.41) is 15.3. The first-order valence-electron chi connectivity index (χ1n) is 24.6. The summed E-state index contributed by atoms with van der Waals surface area (Å²) in [6, 6.07) is 92.2. The maximum Gasteiger partial charge on any atom is 0.0620 e. The van der Waals surface area contributed by atoms with Crippen LogP contribution in [0.4, 0.5) is 0 Å². The molecular weight excluding hydrogens is 859 g/mol. The summed E-state index contributed by atoms with van der Waals surface area (Å²) in [4.78, 5) is 0. The molecular formula is C68H41N3. The van der Waals surface area contributed by atoms with E-state index in [9.17, 15) is 0 Å². The van der Waals surface area contributed by atoms with Crippen molar-refractivity contribution in [1.29, 1.82) is 0 Å². The Bertz CT molecular complexity index is 4850. The molecule has 0 aliphatic carbocycles. The summed E-state index contributed by atoms with van der Waals surface area (Å²) < 4.78 is 7.34. The van der Waals surface area contributed by atoms with Crippen molar-refractivity contribution in [2.45, 2.75) is 0 Å². The number of rotatable bonds is 5. The van der Waals surface area contributed by atoms with Crippen LogP contribution in [-0.4, -0.2) is 13.5 Å². The van der Waals surface area contributed by atoms with Crippen LogP contribution < -0.4 is 0 Å². The molecule has 16 aromatic rings. The third-order valence-corrected chi connectivity index (χ3v) is 15.6. The Morgan fingerprint density at radius 1 is 0.211 bits per heavy atom. The molecule has 0 atom stereocenters. The van der Waals surface area contributed by atoms with E-state index in [1.807, 2.05) is 0 Å². The lowest BCUT2D eigenvalue weighted by molar-refractivity contribution is 1.18. The largest absolute Gasteiger partial charge is 0.309 e. The number of benzene rings is 12. The van der Waals surface area contributed by atoms with Gasteiger partial charge in [0, 0.05) is 54.2 Å². The van der Waals surface area contributed by atoms with Gasteiger partial charge in [0.25, 0.3) is 0 Å². The lowest BCUT2D eigenvalue weighted by atomic mass is 9.98. The Morgan fingerprint density at radius 2 is 0.634 bits per heavy atom. The number of fused-ring (bicyclic) bond motifs is 15. The molecule has 4 aromatic heterocycles. The Labute approximate surface area is 408 Å². The predicted octanol–water partition coefficient (Wildman–Crippen LogP) is 18.3. The Morgan fingerprint density at radius 3 is 1.28 bits per heavy atom. The molecule has 3 heteroatoms. The van der Waals surface area contributed by atoms with Crippen molar-refractivity contribution in [3.63, 3.8) is 0 Å². The zero-order chi connectivity index (χ0) is 46.3. The molecule has 0 aliphatic rings. The van der Waals surface area contributed by atoms with Crippen molar-refractivity contribution >= 4 is 103 Å². The van der Waals surface area contributed by atoms with Crippen LogP contribution in [0, 0.1) is 0 Å². The third-order valence-electron chi connectivity index (χ3n) is 15.6. The normalized spacial score (nSPS) is 12.2. The monoisotopic (exact) mass is 899 g/mol. The van der Waals surface area contributed by atoms with Crippen LogP contribution in [0.25, 0.3) is 148 Å². The van der Waals surface area contributed by atoms with Gasteiger partial charge in [-0.25, -0.2) is 0 Å². The van der Waals surface area contributed by atoms with Gasteiger partial charge in [-0.1, -0.05) is 182 Å². The van der Waals surface area contributed by atoms with Crippen LogP contribution in [0.3, 0.4) is 0 Å². The van der Waals surface area contributed by atoms with Gasteiger partial charge in [-0.2, -0.15) is 0 Å². The van der Waals surface area contributed by atoms with Crippen molar-refractivity contribution in [3.8, 4) is 44.8 Å². The highest BCUT2D eigenvalue weighted by Crippen LogP contribution is 2.43. The highest BCUT2D eigenvalue weighted by Gasteiger charge is 2.20. The van der Waals surface area contributed by atoms with Crippen LogP contribution >= 0.6 is 0 Å². The summed E-state index contributed by atoms with van der Waals surface area (Å²) in [6.07, 6.45) is 0. The van der Waals surface area contributed by atoms with Crippen molar-refractivity contribution in [1.82, 2.24) is 13.5 Å². The molecule has 0 saturated heterocycles. The van der Waals surface area contributed by atoms with E-state index in [-0.39, 0.29) is 0 Å². The first kappa shape index (κ1) is 38.5. The standard InChI is InChI=1S/C68H41N3/c1-2-13-50-48(12-1)41-66(52-15-4-3-14-51(50)52)70-62-22-9-7-18-55(62)60-39-46(32-37-65(60)70)43-26-24-42(25-27-43)45-31-36-64-59(38-45)54-17-6-8-21-61(54)69(64)49-33-28-44(29-34-49)47-30-35-56-58-20-11-19-57-53-16-5-10-23-63(53)71(68(57)58)67(56)40-47/h1-41H. The van der Waals surface area contributed by atoms with E-state index < -0.39 is 0 Å². The van der Waals surface area contributed by atoms with E-state index in [1.165, 1.54) is 142 Å². The Kier molecular flexibility index (Phi) is 7.89. The van der Waals surface area contributed by atoms with Gasteiger partial charge in [-0.05, 0) is 116 Å². The molecule has 0 amide bonds. The van der Waals surface area contributed by atoms with Crippen molar-refractivity contribution in [2.24, 2.45) is 0 Å². The number of hydrogen-bond donors (Lipinski definition) is 0. The minimum absolute atomic E-state index is 1.15. The van der Waals surface area contributed by atoms with Crippen molar-refractivity contribution < 1.29 is 0 Å². The third kappa shape index (κ3) is 5.49. The van der Waals surface area contributed by atoms with E-state index in [1.54, 1.807) is 0 Å². The van der Waals surface area contributed by atoms with Crippen LogP contribution in [0.15, 0.2) is 249 Å². The van der Waals surface area contributed by atoms with Crippen LogP contribution in [0.1, 0.15) is 0 Å². The lowest BCUT2D eigenvalue weighted by Gasteiger charge is -2.14. The van der Waals surface area contributed by atoms with Crippen LogP contribution in [0.2, 0.25) is 0 Å². The van der Waals surface area contributed by atoms with Crippen molar-refractivity contribution in [2.75, 3.05) is 0 Å². The first-order chi connectivity index (χ1) is 35.2. The van der Waals surface area contributed by atoms with Gasteiger partial charge < -0.3 is 13.5 Å². The molecule has 0 saturated carbocycles. The highest BCUT2D eigenvalue weighted by molar-refractivity contribution is 6.24. The number of nitrogens with zero attached hydrogens (tertiary/aromatic N) is 3. The Balaban J connectivity index is 0.746. The highest BCUT2D eigenvalue weighted by atomic mass is 15.0. The van der Waals surface area contributed by atoms with Gasteiger partial charge in [0.15, 0.2) is 0 Å². The smallest absolute Gasteiger partial charge is 0.0620 e. The average molecular weight is 900 g/mol. The molecule has 0 fully saturated rings. The maximum atomic E-state index is 2.46. The second-order valence-corrected chi connectivity index (χ2v) is 19.2. The molecule has 71 heavy (non-hydrogen) atoms. The summed E-state index contributed by atoms with van der Waals surface area (Å²) in [7, 11) is 0. The molecule has 328 valence electrons. The van der Waals surface area contributed by atoms with Gasteiger partial charge in [0.1, 0.15) is 0 Å². The molecule has 0 unspecified atom stereocenters. The Hall–Kier alpha value is -9.44. The van der Waals surface area contributed by atoms with E-state index in [0.29, 0.717) is 0 Å². The van der Waals surface area contributed by atoms with Gasteiger partial charge in [0.2, 0.25) is 0 Å². The second kappa shape index (κ2) is 14.5. The van der Waals surface area contributed by atoms with Crippen molar-refractivity contribution in [3.05, 3.63) is 249 Å². The predicted molar refractivity (Wildman–Crippen MR) is 301 cm³/mol. The quantitative estimate of drug-likeness (QED) is 0.153. The van der Waals surface area contributed by atoms with Gasteiger partial charge in [0.05, 0.1) is 44.3 Å². The van der Waals surface area contributed by atoms with E-state index in [2.05, 4.69) is 262 Å². The fourth-order valence-electron chi connectivity index (χ4n) is 12.3. The number of hydrogen-bond acceptors (Lipinski definition) is 0. The maximum absolute atomic E-state index is 2.46. The van der Waals surface area contributed by atoms with E-state index >= 15 is 0 Å². The topological polar surface area (TPSA) is 14.3 Å². The molecule has 4 heterocycles. The van der Waals surface area contributed by atoms with E-state index in [4.69, 9.17) is 0 Å². The fraction of sp³-hybridized carbons (Fsp3) is 0. The summed E-state index contributed by atoms with van der Waals surface area (Å²) >= 11 is 0.